The molecule has 0 unspecified atom stereocenters. The summed E-state index contributed by atoms with van der Waals surface area (Å²) >= 11 is 0. The molecule has 1 heterocycles. The van der Waals surface area contributed by atoms with E-state index in [1.807, 2.05) is 30.3 Å². The van der Waals surface area contributed by atoms with Crippen molar-refractivity contribution in [3.8, 4) is 0 Å². The summed E-state index contributed by atoms with van der Waals surface area (Å²) in [5, 5.41) is 0. The second kappa shape index (κ2) is 9.14. The summed E-state index contributed by atoms with van der Waals surface area (Å²) < 4.78 is 29.6. The lowest BCUT2D eigenvalue weighted by molar-refractivity contribution is -0.151. The van der Waals surface area contributed by atoms with Crippen LogP contribution in [0.2, 0.25) is 0 Å². The Bertz CT molecular complexity index is 712. The monoisotopic (exact) mass is 382 g/mol. The number of carbonyl (C=O) groups is 2. The van der Waals surface area contributed by atoms with Gasteiger partial charge in [0, 0.05) is 25.6 Å². The number of ether oxygens (including phenoxy) is 1. The molecule has 0 bridgehead atoms. The normalized spacial score (nSPS) is 16.2. The minimum Gasteiger partial charge on any atom is -0.465 e. The zero-order valence-corrected chi connectivity index (χ0v) is 16.1. The van der Waals surface area contributed by atoms with E-state index in [0.29, 0.717) is 32.5 Å². The highest BCUT2D eigenvalue weighted by atomic mass is 32.2. The molecule has 1 saturated heterocycles. The van der Waals surface area contributed by atoms with Crippen LogP contribution in [0.15, 0.2) is 30.3 Å². The second-order valence-corrected chi connectivity index (χ2v) is 8.40. The molecule has 1 aliphatic rings. The van der Waals surface area contributed by atoms with Gasteiger partial charge in [-0.2, -0.15) is 0 Å². The maximum Gasteiger partial charge on any atom is 0.325 e. The summed E-state index contributed by atoms with van der Waals surface area (Å²) in [6, 6.07) is 9.46. The van der Waals surface area contributed by atoms with Crippen LogP contribution in [0, 0.1) is 5.92 Å². The number of amides is 1. The average Bonchev–Trinajstić information content (AvgIpc) is 2.61. The van der Waals surface area contributed by atoms with Crippen LogP contribution in [0.25, 0.3) is 0 Å². The Labute approximate surface area is 155 Å². The van der Waals surface area contributed by atoms with Crippen LogP contribution in [0.1, 0.15) is 25.3 Å². The molecule has 8 heteroatoms. The lowest BCUT2D eigenvalue weighted by Gasteiger charge is -2.32. The van der Waals surface area contributed by atoms with Gasteiger partial charge in [0.1, 0.15) is 6.54 Å². The smallest absolute Gasteiger partial charge is 0.325 e. The third-order valence-electron chi connectivity index (χ3n) is 4.43. The molecule has 1 amide bonds. The second-order valence-electron chi connectivity index (χ2n) is 6.42. The maximum absolute atomic E-state index is 12.9. The van der Waals surface area contributed by atoms with Crippen molar-refractivity contribution in [2.24, 2.45) is 5.92 Å². The van der Waals surface area contributed by atoms with Crippen molar-refractivity contribution in [3.63, 3.8) is 0 Å². The van der Waals surface area contributed by atoms with E-state index in [1.165, 1.54) is 15.5 Å². The summed E-state index contributed by atoms with van der Waals surface area (Å²) in [5.74, 6) is -0.855. The largest absolute Gasteiger partial charge is 0.465 e. The Morgan fingerprint density at radius 2 is 1.81 bits per heavy atom. The van der Waals surface area contributed by atoms with Gasteiger partial charge in [-0.05, 0) is 25.3 Å². The molecule has 0 atom stereocenters. The van der Waals surface area contributed by atoms with Crippen LogP contribution < -0.4 is 0 Å². The fourth-order valence-corrected chi connectivity index (χ4v) is 3.94. The van der Waals surface area contributed by atoms with Crippen molar-refractivity contribution in [1.29, 1.82) is 0 Å². The van der Waals surface area contributed by atoms with Gasteiger partial charge in [-0.15, -0.1) is 0 Å². The van der Waals surface area contributed by atoms with Crippen molar-refractivity contribution < 1.29 is 22.7 Å². The predicted octanol–water partition coefficient (Wildman–Crippen LogP) is 1.25. The van der Waals surface area contributed by atoms with Gasteiger partial charge in [-0.25, -0.2) is 12.7 Å². The molecule has 0 aromatic heterocycles. The minimum atomic E-state index is -3.24. The van der Waals surface area contributed by atoms with Gasteiger partial charge in [0.15, 0.2) is 0 Å². The third-order valence-corrected chi connectivity index (χ3v) is 5.73. The fraction of sp³-hybridized carbons (Fsp3) is 0.556. The van der Waals surface area contributed by atoms with E-state index in [2.05, 4.69) is 0 Å². The lowest BCUT2D eigenvalue weighted by atomic mass is 9.96. The van der Waals surface area contributed by atoms with Crippen molar-refractivity contribution in [1.82, 2.24) is 9.21 Å². The van der Waals surface area contributed by atoms with Crippen molar-refractivity contribution in [3.05, 3.63) is 35.9 Å². The Morgan fingerprint density at radius 3 is 2.35 bits per heavy atom. The molecule has 0 spiro atoms. The quantitative estimate of drug-likeness (QED) is 0.663. The molecule has 7 nitrogen and oxygen atoms in total. The Kier molecular flexibility index (Phi) is 7.16. The van der Waals surface area contributed by atoms with E-state index < -0.39 is 16.0 Å². The van der Waals surface area contributed by atoms with Gasteiger partial charge < -0.3 is 9.64 Å². The molecule has 0 aliphatic carbocycles. The van der Waals surface area contributed by atoms with Crippen LogP contribution in [-0.4, -0.2) is 62.0 Å². The first-order valence-electron chi connectivity index (χ1n) is 8.74. The van der Waals surface area contributed by atoms with E-state index in [9.17, 15) is 18.0 Å². The first-order valence-corrected chi connectivity index (χ1v) is 10.6. The predicted molar refractivity (Wildman–Crippen MR) is 97.6 cm³/mol. The van der Waals surface area contributed by atoms with Crippen LogP contribution in [0.4, 0.5) is 0 Å². The van der Waals surface area contributed by atoms with Gasteiger partial charge in [-0.1, -0.05) is 30.3 Å². The van der Waals surface area contributed by atoms with E-state index in [1.54, 1.807) is 6.92 Å². The number of esters is 1. The molecule has 1 fully saturated rings. The molecule has 0 saturated carbocycles. The third kappa shape index (κ3) is 5.81. The summed E-state index contributed by atoms with van der Waals surface area (Å²) in [5.41, 5.74) is 0.929. The molecule has 144 valence electrons. The molecular weight excluding hydrogens is 356 g/mol. The number of rotatable bonds is 7. The fourth-order valence-electron chi connectivity index (χ4n) is 3.07. The number of piperidine rings is 1. The highest BCUT2D eigenvalue weighted by molar-refractivity contribution is 7.88. The van der Waals surface area contributed by atoms with Crippen molar-refractivity contribution >= 4 is 21.9 Å². The number of sulfonamides is 1. The Hall–Kier alpha value is -1.93. The molecule has 0 N–H and O–H groups in total. The van der Waals surface area contributed by atoms with E-state index in [-0.39, 0.29) is 25.0 Å². The first kappa shape index (κ1) is 20.4. The topological polar surface area (TPSA) is 84.0 Å². The Balaban J connectivity index is 2.06. The van der Waals surface area contributed by atoms with E-state index >= 15 is 0 Å². The van der Waals surface area contributed by atoms with Gasteiger partial charge in [-0.3, -0.25) is 9.59 Å². The highest BCUT2D eigenvalue weighted by Gasteiger charge is 2.32. The molecule has 1 aromatic rings. The van der Waals surface area contributed by atoms with Crippen LogP contribution in [0.3, 0.4) is 0 Å². The Morgan fingerprint density at radius 1 is 1.19 bits per heavy atom. The minimum absolute atomic E-state index is 0.103. The number of hydrogen-bond donors (Lipinski definition) is 0. The van der Waals surface area contributed by atoms with Crippen LogP contribution in [0.5, 0.6) is 0 Å². The number of benzene rings is 1. The average molecular weight is 382 g/mol. The summed E-state index contributed by atoms with van der Waals surface area (Å²) in [6.07, 6.45) is 2.09. The van der Waals surface area contributed by atoms with E-state index in [0.717, 1.165) is 5.56 Å². The van der Waals surface area contributed by atoms with Crippen LogP contribution in [-0.2, 0) is 30.9 Å². The van der Waals surface area contributed by atoms with Gasteiger partial charge in [0.25, 0.3) is 0 Å². The highest BCUT2D eigenvalue weighted by Crippen LogP contribution is 2.22. The zero-order valence-electron chi connectivity index (χ0n) is 15.3. The number of hydrogen-bond acceptors (Lipinski definition) is 5. The SMILES string of the molecule is CCOC(=O)CN(Cc1ccccc1)C(=O)C1CCN(S(C)(=O)=O)CC1. The van der Waals surface area contributed by atoms with Crippen molar-refractivity contribution in [2.75, 3.05) is 32.5 Å². The standard InChI is InChI=1S/C18H26N2O5S/c1-3-25-17(21)14-19(13-15-7-5-4-6-8-15)18(22)16-9-11-20(12-10-16)26(2,23)24/h4-8,16H,3,9-14H2,1-2H3. The van der Waals surface area contributed by atoms with Gasteiger partial charge in [0.2, 0.25) is 15.9 Å². The molecular formula is C18H26N2O5S. The van der Waals surface area contributed by atoms with Crippen molar-refractivity contribution in [2.45, 2.75) is 26.3 Å². The number of carbonyl (C=O) groups excluding carboxylic acids is 2. The lowest BCUT2D eigenvalue weighted by Crippen LogP contribution is -2.45. The first-order chi connectivity index (χ1) is 12.3. The molecule has 2 rings (SSSR count). The summed E-state index contributed by atoms with van der Waals surface area (Å²) in [7, 11) is -3.24. The van der Waals surface area contributed by atoms with Crippen LogP contribution >= 0.6 is 0 Å². The summed E-state index contributed by atoms with van der Waals surface area (Å²) in [4.78, 5) is 26.4. The molecule has 0 radical (unpaired) electrons. The molecule has 1 aromatic carbocycles. The van der Waals surface area contributed by atoms with Gasteiger partial charge >= 0.3 is 5.97 Å². The number of nitrogens with zero attached hydrogens (tertiary/aromatic N) is 2. The van der Waals surface area contributed by atoms with Gasteiger partial charge in [0.05, 0.1) is 12.9 Å². The van der Waals surface area contributed by atoms with E-state index in [4.69, 9.17) is 4.74 Å². The maximum atomic E-state index is 12.9. The molecule has 26 heavy (non-hydrogen) atoms. The molecule has 1 aliphatic heterocycles. The summed E-state index contributed by atoms with van der Waals surface area (Å²) in [6.45, 7) is 2.86. The zero-order chi connectivity index (χ0) is 19.2.